The Morgan fingerprint density at radius 3 is 2.52 bits per heavy atom. The molecule has 0 unspecified atom stereocenters. The van der Waals surface area contributed by atoms with Gasteiger partial charge in [-0.25, -0.2) is 0 Å². The van der Waals surface area contributed by atoms with Gasteiger partial charge in [0.2, 0.25) is 0 Å². The third kappa shape index (κ3) is 3.25. The van der Waals surface area contributed by atoms with E-state index in [1.54, 1.807) is 0 Å². The van der Waals surface area contributed by atoms with Crippen LogP contribution in [0.2, 0.25) is 0 Å². The number of likely N-dealkylation sites (N-methyl/N-ethyl adjacent to an activating group) is 1. The summed E-state index contributed by atoms with van der Waals surface area (Å²) < 4.78 is 6.04. The van der Waals surface area contributed by atoms with Crippen LogP contribution in [0.3, 0.4) is 0 Å². The minimum atomic E-state index is -0.232. The number of hydrogen-bond donors (Lipinski definition) is 1. The van der Waals surface area contributed by atoms with Crippen molar-refractivity contribution in [2.24, 2.45) is 0 Å². The van der Waals surface area contributed by atoms with E-state index < -0.39 is 0 Å². The van der Waals surface area contributed by atoms with Gasteiger partial charge in [-0.15, -0.1) is 0 Å². The highest BCUT2D eigenvalue weighted by Crippen LogP contribution is 2.50. The zero-order chi connectivity index (χ0) is 20.8. The van der Waals surface area contributed by atoms with Crippen molar-refractivity contribution in [1.82, 2.24) is 4.90 Å². The number of allylic oxidation sites excluding steroid dienone is 2. The Labute approximate surface area is 173 Å². The summed E-state index contributed by atoms with van der Waals surface area (Å²) in [6.07, 6.45) is 0.779. The van der Waals surface area contributed by atoms with E-state index in [1.807, 2.05) is 30.3 Å². The molecule has 29 heavy (non-hydrogen) atoms. The molecule has 2 aromatic rings. The number of benzene rings is 2. The highest BCUT2D eigenvalue weighted by atomic mass is 16.5. The number of carbonyl (C=O) groups is 1. The summed E-state index contributed by atoms with van der Waals surface area (Å²) in [5.74, 6) is 0.952. The summed E-state index contributed by atoms with van der Waals surface area (Å²) in [5.41, 5.74) is 12.6. The second-order valence-electron chi connectivity index (χ2n) is 8.48. The van der Waals surface area contributed by atoms with Crippen molar-refractivity contribution in [3.8, 4) is 5.75 Å². The summed E-state index contributed by atoms with van der Waals surface area (Å²) in [7, 11) is 0. The largest absolute Gasteiger partial charge is 0.492 e. The Morgan fingerprint density at radius 2 is 1.79 bits per heavy atom. The van der Waals surface area contributed by atoms with Crippen LogP contribution in [0.1, 0.15) is 54.7 Å². The van der Waals surface area contributed by atoms with E-state index >= 15 is 0 Å². The zero-order valence-electron chi connectivity index (χ0n) is 17.8. The van der Waals surface area contributed by atoms with Crippen LogP contribution >= 0.6 is 0 Å². The van der Waals surface area contributed by atoms with Crippen LogP contribution in [0.5, 0.6) is 5.75 Å². The van der Waals surface area contributed by atoms with Crippen LogP contribution in [0.4, 0.5) is 5.69 Å². The predicted molar refractivity (Wildman–Crippen MR) is 119 cm³/mol. The van der Waals surface area contributed by atoms with E-state index in [2.05, 4.69) is 38.7 Å². The number of nitrogens with two attached hydrogens (primary N) is 1. The smallest absolute Gasteiger partial charge is 0.193 e. The van der Waals surface area contributed by atoms with Crippen molar-refractivity contribution in [3.63, 3.8) is 0 Å². The molecule has 2 aromatic carbocycles. The molecule has 4 nitrogen and oxygen atoms in total. The molecule has 0 radical (unpaired) electrons. The topological polar surface area (TPSA) is 55.6 Å². The number of ketones is 1. The van der Waals surface area contributed by atoms with Gasteiger partial charge in [-0.2, -0.15) is 0 Å². The van der Waals surface area contributed by atoms with E-state index in [9.17, 15) is 4.79 Å². The Balaban J connectivity index is 1.65. The van der Waals surface area contributed by atoms with Crippen molar-refractivity contribution in [2.75, 3.05) is 32.0 Å². The van der Waals surface area contributed by atoms with Crippen LogP contribution in [0.25, 0.3) is 5.57 Å². The fraction of sp³-hybridized carbons (Fsp3) is 0.400. The summed E-state index contributed by atoms with van der Waals surface area (Å²) in [6.45, 7) is 12.3. The van der Waals surface area contributed by atoms with Gasteiger partial charge in [0.1, 0.15) is 12.4 Å². The highest BCUT2D eigenvalue weighted by molar-refractivity contribution is 6.33. The molecule has 4 heteroatoms. The summed E-state index contributed by atoms with van der Waals surface area (Å²) in [4.78, 5) is 15.7. The number of nitrogen functional groups attached to an aromatic ring is 1. The maximum absolute atomic E-state index is 13.4. The normalized spacial score (nSPS) is 16.7. The minimum Gasteiger partial charge on any atom is -0.492 e. The molecule has 0 fully saturated rings. The number of ether oxygens (including phenoxy) is 1. The maximum Gasteiger partial charge on any atom is 0.193 e. The number of carbonyl (C=O) groups excluding carboxylic acids is 1. The Hall–Kier alpha value is -2.59. The molecule has 0 atom stereocenters. The lowest BCUT2D eigenvalue weighted by Crippen LogP contribution is -2.30. The first-order valence-electron chi connectivity index (χ1n) is 10.5. The van der Waals surface area contributed by atoms with Crippen molar-refractivity contribution in [1.29, 1.82) is 0 Å². The van der Waals surface area contributed by atoms with Crippen LogP contribution < -0.4 is 10.5 Å². The van der Waals surface area contributed by atoms with Gasteiger partial charge in [0, 0.05) is 28.8 Å². The van der Waals surface area contributed by atoms with Gasteiger partial charge >= 0.3 is 0 Å². The molecule has 0 saturated heterocycles. The minimum absolute atomic E-state index is 0.118. The van der Waals surface area contributed by atoms with Gasteiger partial charge < -0.3 is 15.4 Å². The van der Waals surface area contributed by atoms with E-state index in [4.69, 9.17) is 10.5 Å². The number of anilines is 1. The highest BCUT2D eigenvalue weighted by Gasteiger charge is 2.42. The third-order valence-electron chi connectivity index (χ3n) is 6.53. The van der Waals surface area contributed by atoms with Crippen molar-refractivity contribution in [2.45, 2.75) is 39.5 Å². The van der Waals surface area contributed by atoms with Gasteiger partial charge in [0.05, 0.1) is 0 Å². The second kappa shape index (κ2) is 7.34. The van der Waals surface area contributed by atoms with E-state index in [0.29, 0.717) is 6.61 Å². The third-order valence-corrected chi connectivity index (χ3v) is 6.53. The predicted octanol–water partition coefficient (Wildman–Crippen LogP) is 4.47. The maximum atomic E-state index is 13.4. The first-order chi connectivity index (χ1) is 13.9. The molecule has 0 heterocycles. The summed E-state index contributed by atoms with van der Waals surface area (Å²) >= 11 is 0. The van der Waals surface area contributed by atoms with Gasteiger partial charge in [0.15, 0.2) is 5.78 Å². The number of rotatable bonds is 6. The molecule has 152 valence electrons. The SMILES string of the molecule is CCN(CC)CCOc1ccc2c(c1)C(C)(C)C1=C(C2=O)c2ccc(N)cc2C1. The Bertz CT molecular complexity index is 1000. The van der Waals surface area contributed by atoms with Gasteiger partial charge in [-0.1, -0.05) is 33.8 Å². The molecule has 0 saturated carbocycles. The molecule has 2 N–H and O–H groups in total. The standard InChI is InChI=1S/C25H30N2O2/c1-5-27(6-2)11-12-29-18-8-10-20-21(15-18)25(3,4)22-14-16-13-17(26)7-9-19(16)23(22)24(20)28/h7-10,13,15H,5-6,11-12,14,26H2,1-4H3. The van der Waals surface area contributed by atoms with Crippen LogP contribution in [-0.2, 0) is 11.8 Å². The van der Waals surface area contributed by atoms with Crippen LogP contribution in [-0.4, -0.2) is 36.9 Å². The van der Waals surface area contributed by atoms with Crippen molar-refractivity contribution in [3.05, 3.63) is 64.2 Å². The van der Waals surface area contributed by atoms with E-state index in [0.717, 1.165) is 65.3 Å². The lowest BCUT2D eigenvalue weighted by molar-refractivity contribution is 0.105. The van der Waals surface area contributed by atoms with Crippen LogP contribution in [0, 0.1) is 0 Å². The molecule has 0 bridgehead atoms. The Kier molecular flexibility index (Phi) is 4.99. The number of Topliss-reactive ketones (excluding diaryl/α,β-unsaturated/α-hetero) is 1. The summed E-state index contributed by atoms with van der Waals surface area (Å²) in [6, 6.07) is 11.8. The van der Waals surface area contributed by atoms with Gasteiger partial charge in [-0.05, 0) is 72.1 Å². The van der Waals surface area contributed by atoms with E-state index in [1.165, 1.54) is 5.57 Å². The molecule has 0 aromatic heterocycles. The monoisotopic (exact) mass is 390 g/mol. The first kappa shape index (κ1) is 19.7. The Morgan fingerprint density at radius 1 is 1.07 bits per heavy atom. The lowest BCUT2D eigenvalue weighted by atomic mass is 9.68. The molecule has 4 rings (SSSR count). The molecule has 0 amide bonds. The number of fused-ring (bicyclic) bond motifs is 3. The second-order valence-corrected chi connectivity index (χ2v) is 8.48. The molecular weight excluding hydrogens is 360 g/mol. The van der Waals surface area contributed by atoms with Gasteiger partial charge in [-0.3, -0.25) is 4.79 Å². The average molecular weight is 391 g/mol. The number of nitrogens with zero attached hydrogens (tertiary/aromatic N) is 1. The molecule has 2 aliphatic rings. The zero-order valence-corrected chi connectivity index (χ0v) is 17.8. The molecule has 0 spiro atoms. The van der Waals surface area contributed by atoms with Gasteiger partial charge in [0.25, 0.3) is 0 Å². The first-order valence-corrected chi connectivity index (χ1v) is 10.5. The molecule has 0 aliphatic heterocycles. The average Bonchev–Trinajstić information content (AvgIpc) is 3.09. The fourth-order valence-corrected chi connectivity index (χ4v) is 4.70. The quantitative estimate of drug-likeness (QED) is 0.739. The number of hydrogen-bond acceptors (Lipinski definition) is 4. The van der Waals surface area contributed by atoms with Crippen molar-refractivity contribution < 1.29 is 9.53 Å². The molecular formula is C25H30N2O2. The lowest BCUT2D eigenvalue weighted by Gasteiger charge is -2.34. The van der Waals surface area contributed by atoms with E-state index in [-0.39, 0.29) is 11.2 Å². The fourth-order valence-electron chi connectivity index (χ4n) is 4.70. The summed E-state index contributed by atoms with van der Waals surface area (Å²) in [5, 5.41) is 0. The van der Waals surface area contributed by atoms with Crippen molar-refractivity contribution >= 4 is 17.0 Å². The van der Waals surface area contributed by atoms with Crippen LogP contribution in [0.15, 0.2) is 42.0 Å². The molecule has 2 aliphatic carbocycles.